The van der Waals surface area contributed by atoms with E-state index in [0.29, 0.717) is 18.9 Å². The van der Waals surface area contributed by atoms with Crippen LogP contribution in [0.3, 0.4) is 0 Å². The Kier molecular flexibility index (Phi) is 4.91. The molecule has 0 radical (unpaired) electrons. The maximum Gasteiger partial charge on any atom is 0.126 e. The van der Waals surface area contributed by atoms with Crippen LogP contribution in [-0.2, 0) is 6.42 Å². The maximum absolute atomic E-state index is 13.7. The van der Waals surface area contributed by atoms with Crippen molar-refractivity contribution >= 4 is 0 Å². The van der Waals surface area contributed by atoms with Crippen LogP contribution in [0.25, 0.3) is 0 Å². The quantitative estimate of drug-likeness (QED) is 0.865. The van der Waals surface area contributed by atoms with E-state index in [1.165, 1.54) is 17.2 Å². The van der Waals surface area contributed by atoms with Crippen molar-refractivity contribution in [1.29, 1.82) is 0 Å². The number of benzene rings is 2. The lowest BCUT2D eigenvalue weighted by atomic mass is 9.90. The van der Waals surface area contributed by atoms with Gasteiger partial charge in [0.15, 0.2) is 0 Å². The van der Waals surface area contributed by atoms with Crippen molar-refractivity contribution in [3.8, 4) is 0 Å². The molecule has 0 aliphatic heterocycles. The van der Waals surface area contributed by atoms with Gasteiger partial charge in [-0.1, -0.05) is 56.3 Å². The second-order valence-electron chi connectivity index (χ2n) is 5.55. The number of halogens is 1. The highest BCUT2D eigenvalue weighted by molar-refractivity contribution is 5.29. The van der Waals surface area contributed by atoms with Gasteiger partial charge in [0.1, 0.15) is 5.82 Å². The zero-order valence-electron chi connectivity index (χ0n) is 12.1. The van der Waals surface area contributed by atoms with Gasteiger partial charge in [0.25, 0.3) is 0 Å². The predicted octanol–water partition coefficient (Wildman–Crippen LogP) is 4.23. The van der Waals surface area contributed by atoms with Gasteiger partial charge in [0.2, 0.25) is 0 Å². The molecule has 106 valence electrons. The molecule has 2 aromatic rings. The van der Waals surface area contributed by atoms with Gasteiger partial charge < -0.3 is 5.73 Å². The van der Waals surface area contributed by atoms with Crippen LogP contribution < -0.4 is 5.73 Å². The molecule has 2 N–H and O–H groups in total. The SMILES string of the molecule is CC(C)c1ccc(C(CN)Cc2ccccc2F)cc1. The Labute approximate surface area is 120 Å². The molecule has 2 rings (SSSR count). The third-order valence-corrected chi connectivity index (χ3v) is 3.78. The van der Waals surface area contributed by atoms with E-state index in [4.69, 9.17) is 5.73 Å². The molecule has 0 aliphatic rings. The van der Waals surface area contributed by atoms with E-state index in [2.05, 4.69) is 38.1 Å². The molecule has 0 amide bonds. The Bertz CT molecular complexity index is 546. The maximum atomic E-state index is 13.7. The van der Waals surface area contributed by atoms with E-state index in [-0.39, 0.29) is 11.7 Å². The van der Waals surface area contributed by atoms with Crippen LogP contribution in [0.15, 0.2) is 48.5 Å². The third-order valence-electron chi connectivity index (χ3n) is 3.78. The monoisotopic (exact) mass is 271 g/mol. The van der Waals surface area contributed by atoms with Gasteiger partial charge in [0, 0.05) is 5.92 Å². The van der Waals surface area contributed by atoms with Crippen LogP contribution in [-0.4, -0.2) is 6.54 Å². The first kappa shape index (κ1) is 14.7. The largest absolute Gasteiger partial charge is 0.330 e. The van der Waals surface area contributed by atoms with Crippen LogP contribution in [0.1, 0.15) is 42.4 Å². The van der Waals surface area contributed by atoms with Crippen molar-refractivity contribution in [3.63, 3.8) is 0 Å². The van der Waals surface area contributed by atoms with Crippen LogP contribution in [0.5, 0.6) is 0 Å². The van der Waals surface area contributed by atoms with E-state index < -0.39 is 0 Å². The lowest BCUT2D eigenvalue weighted by Crippen LogP contribution is -2.15. The van der Waals surface area contributed by atoms with Gasteiger partial charge in [0.05, 0.1) is 0 Å². The topological polar surface area (TPSA) is 26.0 Å². The van der Waals surface area contributed by atoms with Crippen LogP contribution >= 0.6 is 0 Å². The molecule has 1 atom stereocenters. The second kappa shape index (κ2) is 6.67. The van der Waals surface area contributed by atoms with Crippen LogP contribution in [0.2, 0.25) is 0 Å². The Morgan fingerprint density at radius 3 is 2.10 bits per heavy atom. The first-order chi connectivity index (χ1) is 9.61. The minimum Gasteiger partial charge on any atom is -0.330 e. The zero-order chi connectivity index (χ0) is 14.5. The lowest BCUT2D eigenvalue weighted by Gasteiger charge is -2.17. The first-order valence-corrected chi connectivity index (χ1v) is 7.15. The summed E-state index contributed by atoms with van der Waals surface area (Å²) in [6.45, 7) is 4.87. The molecule has 0 heterocycles. The third kappa shape index (κ3) is 3.45. The summed E-state index contributed by atoms with van der Waals surface area (Å²) in [5.41, 5.74) is 9.11. The molecule has 0 aromatic heterocycles. The minimum atomic E-state index is -0.148. The summed E-state index contributed by atoms with van der Waals surface area (Å²) in [6.07, 6.45) is 0.643. The molecule has 1 unspecified atom stereocenters. The summed E-state index contributed by atoms with van der Waals surface area (Å²) in [7, 11) is 0. The number of rotatable bonds is 5. The molecule has 0 saturated carbocycles. The van der Waals surface area contributed by atoms with Gasteiger partial charge in [-0.05, 0) is 41.6 Å². The number of hydrogen-bond donors (Lipinski definition) is 1. The highest BCUT2D eigenvalue weighted by Gasteiger charge is 2.13. The molecule has 20 heavy (non-hydrogen) atoms. The first-order valence-electron chi connectivity index (χ1n) is 7.15. The van der Waals surface area contributed by atoms with Crippen molar-refractivity contribution in [2.75, 3.05) is 6.54 Å². The average Bonchev–Trinajstić information content (AvgIpc) is 2.46. The predicted molar refractivity (Wildman–Crippen MR) is 82.4 cm³/mol. The molecule has 0 fully saturated rings. The van der Waals surface area contributed by atoms with Crippen molar-refractivity contribution < 1.29 is 4.39 Å². The minimum absolute atomic E-state index is 0.148. The Morgan fingerprint density at radius 2 is 1.55 bits per heavy atom. The summed E-state index contributed by atoms with van der Waals surface area (Å²) in [6, 6.07) is 15.4. The van der Waals surface area contributed by atoms with Gasteiger partial charge in [-0.15, -0.1) is 0 Å². The summed E-state index contributed by atoms with van der Waals surface area (Å²) in [5.74, 6) is 0.532. The fourth-order valence-electron chi connectivity index (χ4n) is 2.42. The lowest BCUT2D eigenvalue weighted by molar-refractivity contribution is 0.590. The van der Waals surface area contributed by atoms with E-state index in [0.717, 1.165) is 5.56 Å². The zero-order valence-corrected chi connectivity index (χ0v) is 12.1. The van der Waals surface area contributed by atoms with Gasteiger partial charge >= 0.3 is 0 Å². The van der Waals surface area contributed by atoms with Gasteiger partial charge in [-0.25, -0.2) is 4.39 Å². The fourth-order valence-corrected chi connectivity index (χ4v) is 2.42. The summed E-state index contributed by atoms with van der Waals surface area (Å²) >= 11 is 0. The highest BCUT2D eigenvalue weighted by atomic mass is 19.1. The highest BCUT2D eigenvalue weighted by Crippen LogP contribution is 2.23. The smallest absolute Gasteiger partial charge is 0.126 e. The van der Waals surface area contributed by atoms with Gasteiger partial charge in [-0.2, -0.15) is 0 Å². The Morgan fingerprint density at radius 1 is 0.950 bits per heavy atom. The van der Waals surface area contributed by atoms with Crippen molar-refractivity contribution in [3.05, 3.63) is 71.0 Å². The molecule has 0 aliphatic carbocycles. The van der Waals surface area contributed by atoms with E-state index in [1.54, 1.807) is 6.07 Å². The normalized spacial score (nSPS) is 12.7. The number of nitrogens with two attached hydrogens (primary N) is 1. The van der Waals surface area contributed by atoms with E-state index >= 15 is 0 Å². The summed E-state index contributed by atoms with van der Waals surface area (Å²) < 4.78 is 13.7. The molecular weight excluding hydrogens is 249 g/mol. The molecule has 0 saturated heterocycles. The fraction of sp³-hybridized carbons (Fsp3) is 0.333. The molecule has 2 heteroatoms. The average molecular weight is 271 g/mol. The van der Waals surface area contributed by atoms with E-state index in [9.17, 15) is 4.39 Å². The molecule has 2 aromatic carbocycles. The van der Waals surface area contributed by atoms with Crippen molar-refractivity contribution in [2.24, 2.45) is 5.73 Å². The number of hydrogen-bond acceptors (Lipinski definition) is 1. The Balaban J connectivity index is 2.18. The molecular formula is C18H22FN. The molecule has 1 nitrogen and oxygen atoms in total. The molecule has 0 bridgehead atoms. The van der Waals surface area contributed by atoms with Crippen molar-refractivity contribution in [1.82, 2.24) is 0 Å². The second-order valence-corrected chi connectivity index (χ2v) is 5.55. The van der Waals surface area contributed by atoms with Crippen LogP contribution in [0.4, 0.5) is 4.39 Å². The Hall–Kier alpha value is -1.67. The van der Waals surface area contributed by atoms with E-state index in [1.807, 2.05) is 12.1 Å². The standard InChI is InChI=1S/C18H22FN/c1-13(2)14-7-9-15(10-8-14)17(12-20)11-16-5-3-4-6-18(16)19/h3-10,13,17H,11-12,20H2,1-2H3. The van der Waals surface area contributed by atoms with Gasteiger partial charge in [-0.3, -0.25) is 0 Å². The summed E-state index contributed by atoms with van der Waals surface area (Å²) in [4.78, 5) is 0. The van der Waals surface area contributed by atoms with Crippen LogP contribution in [0, 0.1) is 5.82 Å². The molecule has 0 spiro atoms. The van der Waals surface area contributed by atoms with Crippen molar-refractivity contribution in [2.45, 2.75) is 32.1 Å². The summed E-state index contributed by atoms with van der Waals surface area (Å²) in [5, 5.41) is 0.